The Morgan fingerprint density at radius 1 is 0.466 bits per heavy atom. The highest BCUT2D eigenvalue weighted by Crippen LogP contribution is 2.51. The number of rotatable bonds is 8. The Hall–Kier alpha value is -3.22. The van der Waals surface area contributed by atoms with E-state index in [-0.39, 0.29) is 21.7 Å². The third-order valence-corrected chi connectivity index (χ3v) is 13.8. The summed E-state index contributed by atoms with van der Waals surface area (Å²) in [5.74, 6) is 2.95. The Morgan fingerprint density at radius 3 is 1.02 bits per heavy atom. The van der Waals surface area contributed by atoms with Gasteiger partial charge in [-0.2, -0.15) is 0 Å². The van der Waals surface area contributed by atoms with Gasteiger partial charge in [-0.3, -0.25) is 0 Å². The maximum absolute atomic E-state index is 12.5. The summed E-state index contributed by atoms with van der Waals surface area (Å²) in [7, 11) is 0. The van der Waals surface area contributed by atoms with Gasteiger partial charge in [-0.05, 0) is 91.1 Å². The van der Waals surface area contributed by atoms with E-state index in [1.54, 1.807) is 23.5 Å². The lowest BCUT2D eigenvalue weighted by atomic mass is 9.83. The van der Waals surface area contributed by atoms with Crippen molar-refractivity contribution in [1.82, 2.24) is 0 Å². The van der Waals surface area contributed by atoms with E-state index < -0.39 is 0 Å². The summed E-state index contributed by atoms with van der Waals surface area (Å²) in [5, 5.41) is 24.9. The van der Waals surface area contributed by atoms with Gasteiger partial charge in [0.2, 0.25) is 0 Å². The molecule has 4 aromatic rings. The Bertz CT molecular complexity index is 1850. The minimum absolute atomic E-state index is 0.157. The SMILES string of the molecule is CC[C@H](C)COc1c2cc(C(C)(C)C)cc1Sc1cc(C(C)(C)C)cc(c1O)Cc1cc(C(C)(C)C)cc(c1OC[C@@H](C)CC)Sc1cc(C(C)(C)C)cc(c1O)C2. The normalized spacial score (nSPS) is 14.9. The number of benzene rings is 4. The predicted octanol–water partition coefficient (Wildman–Crippen LogP) is 14.9. The van der Waals surface area contributed by atoms with Gasteiger partial charge in [0, 0.05) is 24.0 Å². The van der Waals surface area contributed by atoms with Crippen LogP contribution < -0.4 is 9.47 Å². The molecule has 1 aliphatic heterocycles. The van der Waals surface area contributed by atoms with Crippen molar-refractivity contribution in [3.05, 3.63) is 93.0 Å². The van der Waals surface area contributed by atoms with Crippen LogP contribution >= 0.6 is 23.5 Å². The molecule has 0 spiro atoms. The van der Waals surface area contributed by atoms with E-state index >= 15 is 0 Å². The molecule has 316 valence electrons. The predicted molar refractivity (Wildman–Crippen MR) is 248 cm³/mol. The lowest BCUT2D eigenvalue weighted by Crippen LogP contribution is -2.16. The van der Waals surface area contributed by atoms with E-state index in [9.17, 15) is 10.2 Å². The van der Waals surface area contributed by atoms with E-state index in [2.05, 4.69) is 159 Å². The van der Waals surface area contributed by atoms with Crippen molar-refractivity contribution in [2.75, 3.05) is 13.2 Å². The van der Waals surface area contributed by atoms with Crippen LogP contribution in [-0.2, 0) is 34.5 Å². The number of aromatic hydroxyl groups is 2. The molecule has 5 rings (SSSR count). The quantitative estimate of drug-likeness (QED) is 0.163. The van der Waals surface area contributed by atoms with Crippen LogP contribution in [0.3, 0.4) is 0 Å². The van der Waals surface area contributed by atoms with Gasteiger partial charge in [0.15, 0.2) is 0 Å². The van der Waals surface area contributed by atoms with Gasteiger partial charge < -0.3 is 19.7 Å². The van der Waals surface area contributed by atoms with Crippen LogP contribution in [-0.4, -0.2) is 23.4 Å². The van der Waals surface area contributed by atoms with Crippen LogP contribution in [0.15, 0.2) is 68.1 Å². The first-order chi connectivity index (χ1) is 26.8. The average Bonchev–Trinajstić information content (AvgIpc) is 3.11. The molecule has 1 aliphatic rings. The van der Waals surface area contributed by atoms with Crippen LogP contribution in [0, 0.1) is 11.8 Å². The second-order valence-electron chi connectivity index (χ2n) is 21.1. The molecule has 8 bridgehead atoms. The van der Waals surface area contributed by atoms with E-state index in [1.165, 1.54) is 11.1 Å². The number of phenolic OH excluding ortho intramolecular Hbond substituents is 2. The van der Waals surface area contributed by atoms with Crippen molar-refractivity contribution in [2.45, 2.75) is 178 Å². The molecule has 0 aromatic heterocycles. The topological polar surface area (TPSA) is 58.9 Å². The average molecular weight is 825 g/mol. The summed E-state index contributed by atoms with van der Waals surface area (Å²) in [5.41, 5.74) is 7.85. The van der Waals surface area contributed by atoms with E-state index in [1.807, 2.05) is 0 Å². The zero-order valence-corrected chi connectivity index (χ0v) is 40.2. The monoisotopic (exact) mass is 824 g/mol. The fourth-order valence-electron chi connectivity index (χ4n) is 6.88. The molecule has 0 unspecified atom stereocenters. The zero-order valence-electron chi connectivity index (χ0n) is 38.5. The first-order valence-electron chi connectivity index (χ1n) is 21.5. The van der Waals surface area contributed by atoms with Crippen LogP contribution in [0.4, 0.5) is 0 Å². The Morgan fingerprint density at radius 2 is 0.741 bits per heavy atom. The van der Waals surface area contributed by atoms with Crippen molar-refractivity contribution >= 4 is 23.5 Å². The van der Waals surface area contributed by atoms with Gasteiger partial charge >= 0.3 is 0 Å². The molecule has 6 heteroatoms. The largest absolute Gasteiger partial charge is 0.506 e. The van der Waals surface area contributed by atoms with Gasteiger partial charge in [0.1, 0.15) is 23.0 Å². The second-order valence-corrected chi connectivity index (χ2v) is 23.3. The molecule has 0 aliphatic carbocycles. The molecular formula is C52H72O4S2. The number of phenols is 2. The van der Waals surface area contributed by atoms with E-state index in [4.69, 9.17) is 9.47 Å². The maximum atomic E-state index is 12.5. The minimum Gasteiger partial charge on any atom is -0.506 e. The second kappa shape index (κ2) is 17.4. The summed E-state index contributed by atoms with van der Waals surface area (Å²) in [6.07, 6.45) is 2.98. The van der Waals surface area contributed by atoms with Gasteiger partial charge in [-0.15, -0.1) is 0 Å². The van der Waals surface area contributed by atoms with Gasteiger partial charge in [0.05, 0.1) is 32.8 Å². The van der Waals surface area contributed by atoms with Crippen molar-refractivity contribution in [3.8, 4) is 23.0 Å². The molecular weight excluding hydrogens is 753 g/mol. The number of hydrogen-bond donors (Lipinski definition) is 2. The lowest BCUT2D eigenvalue weighted by Gasteiger charge is -2.28. The first kappa shape index (κ1) is 45.9. The molecule has 0 amide bonds. The van der Waals surface area contributed by atoms with Crippen LogP contribution in [0.5, 0.6) is 23.0 Å². The van der Waals surface area contributed by atoms with E-state index in [0.29, 0.717) is 49.4 Å². The standard InChI is InChI=1S/C52H72O4S2/c1-17-31(3)29-55-47-35-19-33-21-37(49(5,6)7)26-42(45(33)53)58-44-28-40(52(14,15)16)24-36(48(44)56-30-32(4)18-2)20-34-22-38(50(8,9)10)25-41(46(34)54)57-43(47)27-39(23-35)51(11,12)13/h21-28,31-32,53-54H,17-20,29-30H2,1-16H3/t31-,32-/m0/s1. The highest BCUT2D eigenvalue weighted by Gasteiger charge is 2.29. The summed E-state index contributed by atoms with van der Waals surface area (Å²) in [4.78, 5) is 3.56. The Labute approximate surface area is 360 Å². The molecule has 0 saturated heterocycles. The van der Waals surface area contributed by atoms with Crippen molar-refractivity contribution < 1.29 is 19.7 Å². The molecule has 0 saturated carbocycles. The molecule has 1 heterocycles. The number of ether oxygens (including phenoxy) is 2. The van der Waals surface area contributed by atoms with Gasteiger partial charge in [-0.25, -0.2) is 0 Å². The highest BCUT2D eigenvalue weighted by atomic mass is 32.2. The molecule has 4 nitrogen and oxygen atoms in total. The third kappa shape index (κ3) is 10.7. The molecule has 58 heavy (non-hydrogen) atoms. The van der Waals surface area contributed by atoms with Gasteiger partial charge in [0.25, 0.3) is 0 Å². The van der Waals surface area contributed by atoms with E-state index in [0.717, 1.165) is 77.3 Å². The Balaban J connectivity index is 1.94. The van der Waals surface area contributed by atoms with Gasteiger partial charge in [-0.1, -0.05) is 171 Å². The lowest BCUT2D eigenvalue weighted by molar-refractivity contribution is 0.249. The Kier molecular flexibility index (Phi) is 13.8. The molecule has 4 aromatic carbocycles. The smallest absolute Gasteiger partial charge is 0.136 e. The summed E-state index contributed by atoms with van der Waals surface area (Å²) < 4.78 is 13.8. The molecule has 2 atom stereocenters. The van der Waals surface area contributed by atoms with Crippen molar-refractivity contribution in [2.24, 2.45) is 11.8 Å². The molecule has 0 fully saturated rings. The summed E-state index contributed by atoms with van der Waals surface area (Å²) in [6, 6.07) is 17.8. The fourth-order valence-corrected chi connectivity index (χ4v) is 9.12. The highest BCUT2D eigenvalue weighted by molar-refractivity contribution is 7.99. The summed E-state index contributed by atoms with van der Waals surface area (Å²) >= 11 is 3.18. The van der Waals surface area contributed by atoms with Crippen LogP contribution in [0.1, 0.15) is 168 Å². The number of fused-ring (bicyclic) bond motifs is 8. The third-order valence-electron chi connectivity index (χ3n) is 11.7. The maximum Gasteiger partial charge on any atom is 0.136 e. The van der Waals surface area contributed by atoms with Crippen LogP contribution in [0.25, 0.3) is 0 Å². The molecule has 2 N–H and O–H groups in total. The minimum atomic E-state index is -0.165. The van der Waals surface area contributed by atoms with Crippen LogP contribution in [0.2, 0.25) is 0 Å². The number of hydrogen-bond acceptors (Lipinski definition) is 6. The molecule has 0 radical (unpaired) electrons. The fraction of sp³-hybridized carbons (Fsp3) is 0.538. The van der Waals surface area contributed by atoms with Crippen molar-refractivity contribution in [3.63, 3.8) is 0 Å². The zero-order chi connectivity index (χ0) is 43.1. The summed E-state index contributed by atoms with van der Waals surface area (Å²) in [6.45, 7) is 36.9. The van der Waals surface area contributed by atoms with Crippen molar-refractivity contribution in [1.29, 1.82) is 0 Å². The first-order valence-corrected chi connectivity index (χ1v) is 23.1.